The lowest BCUT2D eigenvalue weighted by Gasteiger charge is -2.03. The number of nitro groups is 1. The van der Waals surface area contributed by atoms with E-state index < -0.39 is 10.9 Å². The zero-order chi connectivity index (χ0) is 22.5. The molecule has 0 aliphatic heterocycles. The first kappa shape index (κ1) is 20.8. The molecule has 0 amide bonds. The summed E-state index contributed by atoms with van der Waals surface area (Å²) in [7, 11) is 0. The van der Waals surface area contributed by atoms with Gasteiger partial charge in [-0.15, -0.1) is 0 Å². The molecule has 0 spiro atoms. The molecular weight excluding hydrogens is 416 g/mol. The van der Waals surface area contributed by atoms with Gasteiger partial charge in [-0.3, -0.25) is 10.1 Å². The molecule has 2 aromatic carbocycles. The molecule has 2 heterocycles. The van der Waals surface area contributed by atoms with E-state index in [4.69, 9.17) is 13.9 Å². The van der Waals surface area contributed by atoms with Crippen molar-refractivity contribution in [1.82, 2.24) is 14.8 Å². The average molecular weight is 434 g/mol. The highest BCUT2D eigenvalue weighted by molar-refractivity contribution is 5.90. The third-order valence-corrected chi connectivity index (χ3v) is 4.44. The molecule has 10 heteroatoms. The number of rotatable bonds is 8. The fourth-order valence-electron chi connectivity index (χ4n) is 2.92. The van der Waals surface area contributed by atoms with E-state index in [2.05, 4.69) is 10.1 Å². The van der Waals surface area contributed by atoms with Gasteiger partial charge < -0.3 is 13.9 Å². The topological polar surface area (TPSA) is 123 Å². The number of nitro benzene ring substituents is 1. The Labute approximate surface area is 182 Å². The summed E-state index contributed by atoms with van der Waals surface area (Å²) in [6.45, 7) is 1.82. The number of carbonyl (C=O) groups is 1. The molecule has 0 fully saturated rings. The number of benzene rings is 2. The summed E-state index contributed by atoms with van der Waals surface area (Å²) in [4.78, 5) is 26.9. The lowest BCUT2D eigenvalue weighted by Crippen LogP contribution is -2.08. The molecule has 0 unspecified atom stereocenters. The lowest BCUT2D eigenvalue weighted by atomic mass is 10.2. The first-order chi connectivity index (χ1) is 15.5. The predicted octanol–water partition coefficient (Wildman–Crippen LogP) is 4.19. The molecule has 0 saturated heterocycles. The van der Waals surface area contributed by atoms with E-state index in [9.17, 15) is 14.9 Å². The van der Waals surface area contributed by atoms with Gasteiger partial charge in [-0.2, -0.15) is 5.10 Å². The molecule has 0 N–H and O–H groups in total. The molecule has 0 aliphatic rings. The Balaban J connectivity index is 1.56. The highest BCUT2D eigenvalue weighted by Gasteiger charge is 2.21. The summed E-state index contributed by atoms with van der Waals surface area (Å²) in [5.41, 5.74) is 1.31. The Bertz CT molecular complexity index is 1230. The number of hydrogen-bond donors (Lipinski definition) is 0. The van der Waals surface area contributed by atoms with Crippen molar-refractivity contribution >= 4 is 11.7 Å². The summed E-state index contributed by atoms with van der Waals surface area (Å²) in [5, 5.41) is 15.1. The van der Waals surface area contributed by atoms with E-state index in [1.54, 1.807) is 13.1 Å². The van der Waals surface area contributed by atoms with Crippen molar-refractivity contribution < 1.29 is 23.6 Å². The van der Waals surface area contributed by atoms with Gasteiger partial charge >= 0.3 is 5.97 Å². The van der Waals surface area contributed by atoms with Crippen molar-refractivity contribution in [3.05, 3.63) is 88.7 Å². The molecule has 2 aromatic heterocycles. The largest absolute Gasteiger partial charge is 0.480 e. The van der Waals surface area contributed by atoms with Crippen LogP contribution in [0.3, 0.4) is 0 Å². The van der Waals surface area contributed by atoms with Gasteiger partial charge in [0, 0.05) is 17.7 Å². The number of ether oxygens (including phenoxy) is 2. The summed E-state index contributed by atoms with van der Waals surface area (Å²) in [6, 6.07) is 15.2. The van der Waals surface area contributed by atoms with Crippen LogP contribution in [0.15, 0.2) is 71.4 Å². The van der Waals surface area contributed by atoms with Crippen LogP contribution < -0.4 is 4.74 Å². The van der Waals surface area contributed by atoms with E-state index in [0.29, 0.717) is 17.3 Å². The van der Waals surface area contributed by atoms with Gasteiger partial charge in [0.15, 0.2) is 18.1 Å². The first-order valence-corrected chi connectivity index (χ1v) is 9.69. The molecule has 4 aromatic rings. The molecule has 0 bridgehead atoms. The van der Waals surface area contributed by atoms with Crippen LogP contribution in [-0.4, -0.2) is 32.3 Å². The van der Waals surface area contributed by atoms with Crippen molar-refractivity contribution in [3.63, 3.8) is 0 Å². The summed E-state index contributed by atoms with van der Waals surface area (Å²) in [5.74, 6) is 0.431. The van der Waals surface area contributed by atoms with E-state index in [0.717, 1.165) is 5.56 Å². The van der Waals surface area contributed by atoms with E-state index >= 15 is 0 Å². The number of esters is 1. The zero-order valence-corrected chi connectivity index (χ0v) is 17.0. The van der Waals surface area contributed by atoms with Crippen molar-refractivity contribution in [1.29, 1.82) is 0 Å². The van der Waals surface area contributed by atoms with Gasteiger partial charge in [0.25, 0.3) is 5.69 Å². The van der Waals surface area contributed by atoms with Crippen molar-refractivity contribution in [2.24, 2.45) is 0 Å². The minimum atomic E-state index is -0.652. The van der Waals surface area contributed by atoms with Gasteiger partial charge in [0.1, 0.15) is 0 Å². The second kappa shape index (κ2) is 9.13. The smallest absolute Gasteiger partial charge is 0.362 e. The minimum absolute atomic E-state index is 0.0277. The third-order valence-electron chi connectivity index (χ3n) is 4.44. The van der Waals surface area contributed by atoms with Crippen LogP contribution in [0.1, 0.15) is 23.3 Å². The van der Waals surface area contributed by atoms with Gasteiger partial charge in [0.05, 0.1) is 29.6 Å². The quantitative estimate of drug-likeness (QED) is 0.230. The van der Waals surface area contributed by atoms with Crippen molar-refractivity contribution in [3.8, 4) is 22.8 Å². The number of oxazole rings is 1. The normalized spacial score (nSPS) is 10.7. The molecule has 4 rings (SSSR count). The van der Waals surface area contributed by atoms with Crippen LogP contribution in [0.4, 0.5) is 5.69 Å². The van der Waals surface area contributed by atoms with Crippen LogP contribution in [0.25, 0.3) is 17.0 Å². The Morgan fingerprint density at radius 1 is 1.16 bits per heavy atom. The fourth-order valence-corrected chi connectivity index (χ4v) is 2.92. The van der Waals surface area contributed by atoms with Crippen LogP contribution in [0.5, 0.6) is 5.75 Å². The van der Waals surface area contributed by atoms with Gasteiger partial charge in [-0.1, -0.05) is 30.3 Å². The standard InChI is InChI=1S/C22H18N4O6/c1-2-30-22(27)21-19(13-25(24-21)16-8-10-17(11-9-16)26(28)29)31-14-20-23-12-18(32-20)15-6-4-3-5-7-15/h3-13H,2,14H2,1H3. The molecular formula is C22H18N4O6. The first-order valence-electron chi connectivity index (χ1n) is 9.69. The number of nitrogens with zero attached hydrogens (tertiary/aromatic N) is 4. The number of carbonyl (C=O) groups excluding carboxylic acids is 1. The average Bonchev–Trinajstić information content (AvgIpc) is 3.46. The number of non-ortho nitro benzene ring substituents is 1. The third kappa shape index (κ3) is 4.48. The Morgan fingerprint density at radius 3 is 2.59 bits per heavy atom. The maximum atomic E-state index is 12.3. The van der Waals surface area contributed by atoms with E-state index in [1.165, 1.54) is 35.1 Å². The molecule has 0 atom stereocenters. The second-order valence-corrected chi connectivity index (χ2v) is 6.55. The van der Waals surface area contributed by atoms with Crippen LogP contribution >= 0.6 is 0 Å². The van der Waals surface area contributed by atoms with Crippen LogP contribution in [-0.2, 0) is 11.3 Å². The van der Waals surface area contributed by atoms with E-state index in [-0.39, 0.29) is 30.3 Å². The summed E-state index contributed by atoms with van der Waals surface area (Å²) < 4.78 is 17.9. The molecule has 32 heavy (non-hydrogen) atoms. The zero-order valence-electron chi connectivity index (χ0n) is 17.0. The fraction of sp³-hybridized carbons (Fsp3) is 0.136. The van der Waals surface area contributed by atoms with Crippen molar-refractivity contribution in [2.45, 2.75) is 13.5 Å². The Kier molecular flexibility index (Phi) is 5.93. The van der Waals surface area contributed by atoms with Crippen molar-refractivity contribution in [2.75, 3.05) is 6.61 Å². The predicted molar refractivity (Wildman–Crippen MR) is 112 cm³/mol. The Morgan fingerprint density at radius 2 is 1.91 bits per heavy atom. The van der Waals surface area contributed by atoms with Gasteiger partial charge in [-0.05, 0) is 19.1 Å². The molecule has 0 radical (unpaired) electrons. The minimum Gasteiger partial charge on any atom is -0.480 e. The maximum absolute atomic E-state index is 12.3. The number of aromatic nitrogens is 3. The molecule has 0 aliphatic carbocycles. The van der Waals surface area contributed by atoms with Gasteiger partial charge in [0.2, 0.25) is 11.6 Å². The molecule has 0 saturated carbocycles. The summed E-state index contributed by atoms with van der Waals surface area (Å²) >= 11 is 0. The SMILES string of the molecule is CCOC(=O)c1nn(-c2ccc([N+](=O)[O-])cc2)cc1OCc1ncc(-c2ccccc2)o1. The van der Waals surface area contributed by atoms with Crippen LogP contribution in [0.2, 0.25) is 0 Å². The summed E-state index contributed by atoms with van der Waals surface area (Å²) in [6.07, 6.45) is 3.09. The highest BCUT2D eigenvalue weighted by atomic mass is 16.6. The Hall–Kier alpha value is -4.47. The number of hydrogen-bond acceptors (Lipinski definition) is 8. The van der Waals surface area contributed by atoms with Gasteiger partial charge in [-0.25, -0.2) is 14.5 Å². The monoisotopic (exact) mass is 434 g/mol. The van der Waals surface area contributed by atoms with Crippen LogP contribution in [0, 0.1) is 10.1 Å². The maximum Gasteiger partial charge on any atom is 0.362 e. The highest BCUT2D eigenvalue weighted by Crippen LogP contribution is 2.25. The lowest BCUT2D eigenvalue weighted by molar-refractivity contribution is -0.384. The molecule has 10 nitrogen and oxygen atoms in total. The second-order valence-electron chi connectivity index (χ2n) is 6.55. The van der Waals surface area contributed by atoms with E-state index in [1.807, 2.05) is 30.3 Å². The molecule has 162 valence electrons.